The first-order chi connectivity index (χ1) is 10.1. The molecule has 2 heterocycles. The largest absolute Gasteiger partial charge is 0.478 e. The van der Waals surface area contributed by atoms with E-state index in [-0.39, 0.29) is 5.91 Å². The van der Waals surface area contributed by atoms with E-state index < -0.39 is 5.97 Å². The molecule has 0 spiro atoms. The number of carboxylic acids is 1. The summed E-state index contributed by atoms with van der Waals surface area (Å²) in [4.78, 5) is 27.6. The highest BCUT2D eigenvalue weighted by molar-refractivity contribution is 7.14. The molecule has 0 radical (unpaired) electrons. The molecule has 0 unspecified atom stereocenters. The topological polar surface area (TPSA) is 108 Å². The number of amides is 1. The lowest BCUT2D eigenvalue weighted by atomic mass is 10.3. The number of rotatable bonds is 7. The van der Waals surface area contributed by atoms with Gasteiger partial charge in [-0.2, -0.15) is 5.10 Å². The zero-order valence-corrected chi connectivity index (χ0v) is 11.9. The van der Waals surface area contributed by atoms with Gasteiger partial charge in [-0.1, -0.05) is 0 Å². The van der Waals surface area contributed by atoms with Crippen molar-refractivity contribution in [3.63, 3.8) is 0 Å². The Morgan fingerprint density at radius 1 is 1.43 bits per heavy atom. The number of nitrogens with zero attached hydrogens (tertiary/aromatic N) is 2. The maximum Gasteiger partial charge on any atom is 0.328 e. The van der Waals surface area contributed by atoms with Crippen LogP contribution in [0.5, 0.6) is 0 Å². The fraction of sp³-hybridized carbons (Fsp3) is 0.231. The summed E-state index contributed by atoms with van der Waals surface area (Å²) in [5, 5.41) is 17.8. The number of carboxylic acid groups (broad SMARTS) is 1. The summed E-state index contributed by atoms with van der Waals surface area (Å²) in [5.41, 5.74) is 0. The van der Waals surface area contributed by atoms with Gasteiger partial charge in [0.2, 0.25) is 0 Å². The number of aliphatic carboxylic acids is 1. The van der Waals surface area contributed by atoms with E-state index in [1.165, 1.54) is 23.7 Å². The first-order valence-corrected chi connectivity index (χ1v) is 7.10. The molecule has 2 aromatic rings. The van der Waals surface area contributed by atoms with Gasteiger partial charge in [0.05, 0.1) is 4.88 Å². The van der Waals surface area contributed by atoms with Crippen LogP contribution in [-0.4, -0.2) is 38.7 Å². The number of aromatic amines is 1. The summed E-state index contributed by atoms with van der Waals surface area (Å²) in [5.74, 6) is -0.379. The molecule has 0 atom stereocenters. The molecule has 0 aliphatic rings. The Morgan fingerprint density at radius 2 is 2.29 bits per heavy atom. The van der Waals surface area contributed by atoms with Gasteiger partial charge in [0.25, 0.3) is 5.91 Å². The predicted molar refractivity (Wildman–Crippen MR) is 78.0 cm³/mol. The Hall–Kier alpha value is -2.48. The van der Waals surface area contributed by atoms with Crippen LogP contribution in [0, 0.1) is 0 Å². The van der Waals surface area contributed by atoms with Crippen molar-refractivity contribution >= 4 is 29.3 Å². The highest BCUT2D eigenvalue weighted by Gasteiger charge is 2.07. The second-order valence-corrected chi connectivity index (χ2v) is 5.28. The molecule has 0 fully saturated rings. The standard InChI is InChI=1S/C13H14N4O3S/c18-12(19)6-4-9-3-5-10(21-9)13(20)14-7-1-2-11-15-8-16-17-11/h3-6,8H,1-2,7H2,(H,14,20)(H,18,19)(H,15,16,17). The number of thiophene rings is 1. The smallest absolute Gasteiger partial charge is 0.328 e. The Kier molecular flexibility index (Phi) is 5.22. The SMILES string of the molecule is O=C(O)C=Cc1ccc(C(=O)NCCCc2ncn[nH]2)s1. The highest BCUT2D eigenvalue weighted by atomic mass is 32.1. The lowest BCUT2D eigenvalue weighted by Gasteiger charge is -2.01. The van der Waals surface area contributed by atoms with Gasteiger partial charge in [-0.3, -0.25) is 9.89 Å². The molecule has 0 saturated heterocycles. The number of H-pyrrole nitrogens is 1. The van der Waals surface area contributed by atoms with Crippen molar-refractivity contribution in [3.05, 3.63) is 40.1 Å². The molecule has 2 rings (SSSR count). The van der Waals surface area contributed by atoms with Gasteiger partial charge in [-0.15, -0.1) is 11.3 Å². The van der Waals surface area contributed by atoms with Crippen molar-refractivity contribution in [2.24, 2.45) is 0 Å². The van der Waals surface area contributed by atoms with Crippen LogP contribution < -0.4 is 5.32 Å². The van der Waals surface area contributed by atoms with E-state index in [4.69, 9.17) is 5.11 Å². The second kappa shape index (κ2) is 7.34. The minimum absolute atomic E-state index is 0.160. The summed E-state index contributed by atoms with van der Waals surface area (Å²) in [6.07, 6.45) is 5.44. The summed E-state index contributed by atoms with van der Waals surface area (Å²) in [7, 11) is 0. The Balaban J connectivity index is 1.76. The fourth-order valence-electron chi connectivity index (χ4n) is 1.61. The minimum Gasteiger partial charge on any atom is -0.478 e. The normalized spacial score (nSPS) is 10.9. The quantitative estimate of drug-likeness (QED) is 0.528. The molecule has 0 bridgehead atoms. The number of carbonyl (C=O) groups excluding carboxylic acids is 1. The Bertz CT molecular complexity index is 634. The molecule has 3 N–H and O–H groups in total. The maximum atomic E-state index is 11.9. The minimum atomic E-state index is -1.01. The van der Waals surface area contributed by atoms with E-state index in [9.17, 15) is 9.59 Å². The van der Waals surface area contributed by atoms with E-state index in [0.717, 1.165) is 29.6 Å². The summed E-state index contributed by atoms with van der Waals surface area (Å²) >= 11 is 1.25. The third-order valence-corrected chi connectivity index (χ3v) is 3.63. The first kappa shape index (κ1) is 14.9. The van der Waals surface area contributed by atoms with Crippen molar-refractivity contribution in [3.8, 4) is 0 Å². The Labute approximate surface area is 124 Å². The van der Waals surface area contributed by atoms with Gasteiger partial charge in [0.15, 0.2) is 0 Å². The maximum absolute atomic E-state index is 11.9. The van der Waals surface area contributed by atoms with Crippen LogP contribution in [0.15, 0.2) is 24.5 Å². The number of nitrogens with one attached hydrogen (secondary N) is 2. The molecule has 0 saturated carbocycles. The van der Waals surface area contributed by atoms with Gasteiger partial charge in [-0.05, 0) is 24.6 Å². The molecular weight excluding hydrogens is 292 g/mol. The molecule has 7 nitrogen and oxygen atoms in total. The van der Waals surface area contributed by atoms with Crippen LogP contribution in [0.3, 0.4) is 0 Å². The van der Waals surface area contributed by atoms with Gasteiger partial charge in [-0.25, -0.2) is 9.78 Å². The van der Waals surface area contributed by atoms with Gasteiger partial charge >= 0.3 is 5.97 Å². The fourth-order valence-corrected chi connectivity index (χ4v) is 2.44. The van der Waals surface area contributed by atoms with Crippen LogP contribution in [0.1, 0.15) is 26.8 Å². The molecule has 0 aromatic carbocycles. The average Bonchev–Trinajstić information content (AvgIpc) is 3.12. The molecule has 0 aliphatic carbocycles. The summed E-state index contributed by atoms with van der Waals surface area (Å²) in [6, 6.07) is 3.39. The van der Waals surface area contributed by atoms with Crippen molar-refractivity contribution in [2.45, 2.75) is 12.8 Å². The number of aryl methyl sites for hydroxylation is 1. The van der Waals surface area contributed by atoms with E-state index in [0.29, 0.717) is 11.4 Å². The molecule has 110 valence electrons. The van der Waals surface area contributed by atoms with Gasteiger partial charge < -0.3 is 10.4 Å². The molecule has 2 aromatic heterocycles. The zero-order chi connectivity index (χ0) is 15.1. The predicted octanol–water partition coefficient (Wildman–Crippen LogP) is 1.33. The summed E-state index contributed by atoms with van der Waals surface area (Å²) < 4.78 is 0. The second-order valence-electron chi connectivity index (χ2n) is 4.17. The number of aromatic nitrogens is 3. The molecule has 1 amide bonds. The zero-order valence-electron chi connectivity index (χ0n) is 11.1. The third kappa shape index (κ3) is 4.84. The Morgan fingerprint density at radius 3 is 3.00 bits per heavy atom. The van der Waals surface area contributed by atoms with Crippen molar-refractivity contribution in [1.29, 1.82) is 0 Å². The van der Waals surface area contributed by atoms with Crippen LogP contribution >= 0.6 is 11.3 Å². The van der Waals surface area contributed by atoms with Crippen LogP contribution in [0.25, 0.3) is 6.08 Å². The van der Waals surface area contributed by atoms with Crippen LogP contribution in [0.4, 0.5) is 0 Å². The van der Waals surface area contributed by atoms with E-state index in [1.54, 1.807) is 12.1 Å². The first-order valence-electron chi connectivity index (χ1n) is 6.28. The number of carbonyl (C=O) groups is 2. The molecule has 0 aliphatic heterocycles. The molecular formula is C13H14N4O3S. The van der Waals surface area contributed by atoms with Crippen molar-refractivity contribution in [1.82, 2.24) is 20.5 Å². The van der Waals surface area contributed by atoms with Gasteiger partial charge in [0.1, 0.15) is 12.2 Å². The van der Waals surface area contributed by atoms with Crippen LogP contribution in [0.2, 0.25) is 0 Å². The monoisotopic (exact) mass is 306 g/mol. The number of hydrogen-bond donors (Lipinski definition) is 3. The average molecular weight is 306 g/mol. The van der Waals surface area contributed by atoms with E-state index in [1.807, 2.05) is 0 Å². The van der Waals surface area contributed by atoms with Crippen molar-refractivity contribution in [2.75, 3.05) is 6.54 Å². The van der Waals surface area contributed by atoms with E-state index in [2.05, 4.69) is 20.5 Å². The summed E-state index contributed by atoms with van der Waals surface area (Å²) in [6.45, 7) is 0.539. The molecule has 8 heteroatoms. The van der Waals surface area contributed by atoms with Crippen LogP contribution in [-0.2, 0) is 11.2 Å². The van der Waals surface area contributed by atoms with Crippen molar-refractivity contribution < 1.29 is 14.7 Å². The van der Waals surface area contributed by atoms with E-state index >= 15 is 0 Å². The lowest BCUT2D eigenvalue weighted by molar-refractivity contribution is -0.131. The lowest BCUT2D eigenvalue weighted by Crippen LogP contribution is -2.23. The molecule has 21 heavy (non-hydrogen) atoms. The highest BCUT2D eigenvalue weighted by Crippen LogP contribution is 2.17. The number of hydrogen-bond acceptors (Lipinski definition) is 5. The van der Waals surface area contributed by atoms with Gasteiger partial charge in [0, 0.05) is 23.9 Å². The third-order valence-electron chi connectivity index (χ3n) is 2.58.